The number of aryl methyl sites for hydroxylation is 2. The van der Waals surface area contributed by atoms with E-state index < -0.39 is 24.5 Å². The van der Waals surface area contributed by atoms with Crippen molar-refractivity contribution in [1.29, 1.82) is 0 Å². The van der Waals surface area contributed by atoms with Gasteiger partial charge >= 0.3 is 12.0 Å². The minimum atomic E-state index is -0.611. The summed E-state index contributed by atoms with van der Waals surface area (Å²) >= 11 is 1.45. The Morgan fingerprint density at radius 3 is 2.69 bits per heavy atom. The van der Waals surface area contributed by atoms with Gasteiger partial charge in [-0.25, -0.2) is 9.59 Å². The maximum atomic E-state index is 12.1. The number of rotatable bonds is 4. The molecule has 3 rings (SSSR count). The molecule has 1 aromatic rings. The smallest absolute Gasteiger partial charge is 0.348 e. The fraction of sp³-hybridized carbons (Fsp3) is 0.632. The van der Waals surface area contributed by atoms with Crippen LogP contribution >= 0.6 is 11.3 Å². The van der Waals surface area contributed by atoms with E-state index in [2.05, 4.69) is 17.6 Å². The van der Waals surface area contributed by atoms with Crippen LogP contribution in [0, 0.1) is 5.92 Å². The van der Waals surface area contributed by atoms with Gasteiger partial charge in [0.15, 0.2) is 6.61 Å². The monoisotopic (exact) mass is 378 g/mol. The number of carbonyl (C=O) groups is 3. The number of imide groups is 1. The SMILES string of the molecule is CC1CCCCC1NC(=O)NC(=O)COC(=O)c1cc2c(s1)CCCC2. The molecule has 0 aliphatic heterocycles. The highest BCUT2D eigenvalue weighted by molar-refractivity contribution is 7.14. The zero-order valence-corrected chi connectivity index (χ0v) is 16.0. The maximum absolute atomic E-state index is 12.1. The Labute approximate surface area is 157 Å². The van der Waals surface area contributed by atoms with Crippen molar-refractivity contribution in [2.75, 3.05) is 6.61 Å². The molecule has 2 N–H and O–H groups in total. The van der Waals surface area contributed by atoms with Crippen LogP contribution in [-0.2, 0) is 22.4 Å². The van der Waals surface area contributed by atoms with E-state index in [1.807, 2.05) is 6.07 Å². The number of hydrogen-bond acceptors (Lipinski definition) is 5. The van der Waals surface area contributed by atoms with Crippen LogP contribution in [-0.4, -0.2) is 30.6 Å². The third-order valence-electron chi connectivity index (χ3n) is 5.21. The minimum absolute atomic E-state index is 0.0940. The van der Waals surface area contributed by atoms with Gasteiger partial charge in [0.25, 0.3) is 5.91 Å². The Balaban J connectivity index is 1.42. The number of hydrogen-bond donors (Lipinski definition) is 2. The van der Waals surface area contributed by atoms with E-state index >= 15 is 0 Å². The number of carbonyl (C=O) groups excluding carboxylic acids is 3. The Bertz CT molecular complexity index is 662. The lowest BCUT2D eigenvalue weighted by atomic mass is 9.86. The van der Waals surface area contributed by atoms with Crippen LogP contribution in [0.3, 0.4) is 0 Å². The lowest BCUT2D eigenvalue weighted by molar-refractivity contribution is -0.123. The van der Waals surface area contributed by atoms with E-state index in [9.17, 15) is 14.4 Å². The molecule has 0 spiro atoms. The van der Waals surface area contributed by atoms with Gasteiger partial charge in [0, 0.05) is 10.9 Å². The summed E-state index contributed by atoms with van der Waals surface area (Å²) < 4.78 is 5.06. The van der Waals surface area contributed by atoms with E-state index in [1.165, 1.54) is 28.2 Å². The Hall–Kier alpha value is -1.89. The zero-order valence-electron chi connectivity index (χ0n) is 15.1. The van der Waals surface area contributed by atoms with Crippen LogP contribution in [0.5, 0.6) is 0 Å². The van der Waals surface area contributed by atoms with Gasteiger partial charge in [-0.2, -0.15) is 0 Å². The number of fused-ring (bicyclic) bond motifs is 1. The standard InChI is InChI=1S/C19H26N2O4S/c1-12-6-2-4-8-14(12)20-19(24)21-17(22)11-25-18(23)16-10-13-7-3-5-9-15(13)26-16/h10,12,14H,2-9,11H2,1H3,(H2,20,21,22,24). The van der Waals surface area contributed by atoms with Gasteiger partial charge in [-0.3, -0.25) is 10.1 Å². The molecule has 142 valence electrons. The topological polar surface area (TPSA) is 84.5 Å². The molecule has 7 heteroatoms. The molecular formula is C19H26N2O4S. The van der Waals surface area contributed by atoms with E-state index in [-0.39, 0.29) is 6.04 Å². The molecule has 2 aliphatic rings. The van der Waals surface area contributed by atoms with Crippen LogP contribution in [0.15, 0.2) is 6.07 Å². The molecule has 2 aliphatic carbocycles. The van der Waals surface area contributed by atoms with Gasteiger partial charge in [-0.05, 0) is 56.1 Å². The van der Waals surface area contributed by atoms with Crippen molar-refractivity contribution in [3.8, 4) is 0 Å². The van der Waals surface area contributed by atoms with E-state index in [0.29, 0.717) is 10.8 Å². The summed E-state index contributed by atoms with van der Waals surface area (Å²) in [6.07, 6.45) is 8.59. The zero-order chi connectivity index (χ0) is 18.5. The average Bonchev–Trinajstić information content (AvgIpc) is 3.06. The predicted octanol–water partition coefficient (Wildman–Crippen LogP) is 3.19. The van der Waals surface area contributed by atoms with Gasteiger partial charge in [0.05, 0.1) is 0 Å². The molecule has 2 atom stereocenters. The van der Waals surface area contributed by atoms with Gasteiger partial charge in [-0.15, -0.1) is 11.3 Å². The highest BCUT2D eigenvalue weighted by Gasteiger charge is 2.24. The van der Waals surface area contributed by atoms with Crippen LogP contribution in [0.4, 0.5) is 4.79 Å². The summed E-state index contributed by atoms with van der Waals surface area (Å²) in [5.74, 6) is -0.700. The van der Waals surface area contributed by atoms with Gasteiger partial charge in [0.1, 0.15) is 4.88 Å². The molecule has 1 aromatic heterocycles. The number of amides is 3. The highest BCUT2D eigenvalue weighted by Crippen LogP contribution is 2.30. The molecule has 6 nitrogen and oxygen atoms in total. The molecule has 0 bridgehead atoms. The Kier molecular flexibility index (Phi) is 6.29. The van der Waals surface area contributed by atoms with Crippen molar-refractivity contribution in [2.45, 2.75) is 64.3 Å². The lowest BCUT2D eigenvalue weighted by Crippen LogP contribution is -2.48. The number of thiophene rings is 1. The van der Waals surface area contributed by atoms with Crippen molar-refractivity contribution < 1.29 is 19.1 Å². The third kappa shape index (κ3) is 4.84. The van der Waals surface area contributed by atoms with Crippen LogP contribution < -0.4 is 10.6 Å². The second kappa shape index (κ2) is 8.66. The molecule has 0 aromatic carbocycles. The molecular weight excluding hydrogens is 352 g/mol. The van der Waals surface area contributed by atoms with Crippen LogP contribution in [0.2, 0.25) is 0 Å². The fourth-order valence-electron chi connectivity index (χ4n) is 3.69. The molecule has 3 amide bonds. The largest absolute Gasteiger partial charge is 0.451 e. The highest BCUT2D eigenvalue weighted by atomic mass is 32.1. The van der Waals surface area contributed by atoms with Crippen LogP contribution in [0.25, 0.3) is 0 Å². The molecule has 2 unspecified atom stereocenters. The van der Waals surface area contributed by atoms with E-state index in [1.54, 1.807) is 0 Å². The summed E-state index contributed by atoms with van der Waals surface area (Å²) in [6.45, 7) is 1.66. The van der Waals surface area contributed by atoms with Crippen molar-refractivity contribution in [3.05, 3.63) is 21.4 Å². The van der Waals surface area contributed by atoms with E-state index in [0.717, 1.165) is 44.9 Å². The Morgan fingerprint density at radius 2 is 1.92 bits per heavy atom. The summed E-state index contributed by atoms with van der Waals surface area (Å²) in [7, 11) is 0. The number of ether oxygens (including phenoxy) is 1. The third-order valence-corrected chi connectivity index (χ3v) is 6.43. The van der Waals surface area contributed by atoms with Crippen LogP contribution in [0.1, 0.15) is 65.6 Å². The molecule has 0 saturated heterocycles. The lowest BCUT2D eigenvalue weighted by Gasteiger charge is -2.29. The number of esters is 1. The van der Waals surface area contributed by atoms with Crippen molar-refractivity contribution >= 4 is 29.2 Å². The molecule has 0 radical (unpaired) electrons. The van der Waals surface area contributed by atoms with Gasteiger partial charge < -0.3 is 10.1 Å². The first-order chi connectivity index (χ1) is 12.5. The summed E-state index contributed by atoms with van der Waals surface area (Å²) in [6, 6.07) is 1.45. The van der Waals surface area contributed by atoms with Crippen molar-refractivity contribution in [1.82, 2.24) is 10.6 Å². The van der Waals surface area contributed by atoms with Gasteiger partial charge in [-0.1, -0.05) is 19.8 Å². The molecule has 1 heterocycles. The molecule has 1 saturated carbocycles. The second-order valence-corrected chi connectivity index (χ2v) is 8.37. The summed E-state index contributed by atoms with van der Waals surface area (Å²) in [5, 5.41) is 5.08. The van der Waals surface area contributed by atoms with E-state index in [4.69, 9.17) is 4.74 Å². The number of nitrogens with one attached hydrogen (secondary N) is 2. The normalized spacial score (nSPS) is 22.2. The van der Waals surface area contributed by atoms with Gasteiger partial charge in [0.2, 0.25) is 0 Å². The molecule has 1 fully saturated rings. The predicted molar refractivity (Wildman–Crippen MR) is 99.3 cm³/mol. The van der Waals surface area contributed by atoms with Crippen molar-refractivity contribution in [3.63, 3.8) is 0 Å². The summed E-state index contributed by atoms with van der Waals surface area (Å²) in [4.78, 5) is 37.7. The van der Waals surface area contributed by atoms with Crippen molar-refractivity contribution in [2.24, 2.45) is 5.92 Å². The summed E-state index contributed by atoms with van der Waals surface area (Å²) in [5.41, 5.74) is 1.22. The second-order valence-electron chi connectivity index (χ2n) is 7.23. The first-order valence-electron chi connectivity index (χ1n) is 9.42. The minimum Gasteiger partial charge on any atom is -0.451 e. The fourth-order valence-corrected chi connectivity index (χ4v) is 4.84. The average molecular weight is 378 g/mol. The first-order valence-corrected chi connectivity index (χ1v) is 10.2. The quantitative estimate of drug-likeness (QED) is 0.788. The number of urea groups is 1. The first kappa shape index (κ1) is 18.9. The Morgan fingerprint density at radius 1 is 1.15 bits per heavy atom. The molecule has 26 heavy (non-hydrogen) atoms. The maximum Gasteiger partial charge on any atom is 0.348 e.